The number of likely N-dealkylation sites (tertiary alicyclic amines) is 3. The smallest absolute Gasteiger partial charge is 0.246 e. The first-order valence-electron chi connectivity index (χ1n) is 12.6. The monoisotopic (exact) mass is 451 g/mol. The highest BCUT2D eigenvalue weighted by molar-refractivity contribution is 5.92. The molecular formula is C27H37N3O3. The van der Waals surface area contributed by atoms with Gasteiger partial charge in [0, 0.05) is 57.2 Å². The molecule has 178 valence electrons. The fourth-order valence-corrected chi connectivity index (χ4v) is 5.44. The van der Waals surface area contributed by atoms with Crippen LogP contribution in [-0.2, 0) is 14.4 Å². The summed E-state index contributed by atoms with van der Waals surface area (Å²) in [5, 5.41) is 0. The van der Waals surface area contributed by atoms with Gasteiger partial charge in [-0.25, -0.2) is 0 Å². The van der Waals surface area contributed by atoms with Gasteiger partial charge in [-0.05, 0) is 56.1 Å². The lowest BCUT2D eigenvalue weighted by Gasteiger charge is -2.39. The van der Waals surface area contributed by atoms with E-state index in [0.717, 1.165) is 37.9 Å². The second kappa shape index (κ2) is 11.0. The Hall–Kier alpha value is -2.63. The Kier molecular flexibility index (Phi) is 7.84. The molecular weight excluding hydrogens is 414 g/mol. The molecule has 3 heterocycles. The zero-order valence-electron chi connectivity index (χ0n) is 19.8. The summed E-state index contributed by atoms with van der Waals surface area (Å²) in [5.41, 5.74) is 1.01. The maximum Gasteiger partial charge on any atom is 0.246 e. The minimum Gasteiger partial charge on any atom is -0.342 e. The zero-order valence-corrected chi connectivity index (χ0v) is 19.8. The van der Waals surface area contributed by atoms with Crippen LogP contribution in [0.3, 0.4) is 0 Å². The van der Waals surface area contributed by atoms with E-state index in [1.165, 1.54) is 6.42 Å². The van der Waals surface area contributed by atoms with E-state index in [2.05, 4.69) is 11.8 Å². The highest BCUT2D eigenvalue weighted by atomic mass is 16.2. The van der Waals surface area contributed by atoms with Gasteiger partial charge in [0.1, 0.15) is 0 Å². The summed E-state index contributed by atoms with van der Waals surface area (Å²) < 4.78 is 0. The van der Waals surface area contributed by atoms with Gasteiger partial charge in [0.25, 0.3) is 0 Å². The highest BCUT2D eigenvalue weighted by Crippen LogP contribution is 2.26. The van der Waals surface area contributed by atoms with Gasteiger partial charge in [-0.2, -0.15) is 0 Å². The molecule has 0 saturated carbocycles. The normalized spacial score (nSPS) is 23.2. The minimum atomic E-state index is -0.0117. The first kappa shape index (κ1) is 23.5. The minimum absolute atomic E-state index is 0.0103. The molecule has 6 heteroatoms. The summed E-state index contributed by atoms with van der Waals surface area (Å²) in [6.45, 7) is 6.59. The summed E-state index contributed by atoms with van der Waals surface area (Å²) in [6, 6.07) is 9.80. The molecule has 1 aromatic carbocycles. The quantitative estimate of drug-likeness (QED) is 0.659. The molecule has 0 bridgehead atoms. The molecule has 4 rings (SSSR count). The maximum absolute atomic E-state index is 13.1. The van der Waals surface area contributed by atoms with Crippen LogP contribution in [0.15, 0.2) is 36.4 Å². The topological polar surface area (TPSA) is 60.9 Å². The third-order valence-corrected chi connectivity index (χ3v) is 7.50. The first-order chi connectivity index (χ1) is 16.0. The van der Waals surface area contributed by atoms with Gasteiger partial charge in [0.15, 0.2) is 0 Å². The Bertz CT molecular complexity index is 853. The number of piperidine rings is 3. The van der Waals surface area contributed by atoms with Crippen LogP contribution in [0.5, 0.6) is 0 Å². The summed E-state index contributed by atoms with van der Waals surface area (Å²) >= 11 is 0. The molecule has 3 aliphatic heterocycles. The lowest BCUT2D eigenvalue weighted by molar-refractivity contribution is -0.144. The van der Waals surface area contributed by atoms with Gasteiger partial charge in [-0.1, -0.05) is 37.3 Å². The van der Waals surface area contributed by atoms with E-state index in [4.69, 9.17) is 0 Å². The molecule has 0 N–H and O–H groups in total. The lowest BCUT2D eigenvalue weighted by Crippen LogP contribution is -2.49. The molecule has 1 atom stereocenters. The van der Waals surface area contributed by atoms with Crippen molar-refractivity contribution in [3.8, 4) is 0 Å². The van der Waals surface area contributed by atoms with E-state index >= 15 is 0 Å². The third kappa shape index (κ3) is 6.04. The SMILES string of the molecule is CC1CCCN(C(=O)C2CCN(C(=O)C3CCN(C(=O)/C=C/c4ccccc4)CC3)CC2)C1. The number of rotatable bonds is 4. The molecule has 0 spiro atoms. The summed E-state index contributed by atoms with van der Waals surface area (Å²) in [7, 11) is 0. The number of benzene rings is 1. The fourth-order valence-electron chi connectivity index (χ4n) is 5.44. The van der Waals surface area contributed by atoms with Crippen molar-refractivity contribution in [2.75, 3.05) is 39.3 Å². The first-order valence-corrected chi connectivity index (χ1v) is 12.6. The molecule has 0 aromatic heterocycles. The van der Waals surface area contributed by atoms with Crippen molar-refractivity contribution < 1.29 is 14.4 Å². The van der Waals surface area contributed by atoms with Gasteiger partial charge in [-0.3, -0.25) is 14.4 Å². The second-order valence-corrected chi connectivity index (χ2v) is 9.97. The summed E-state index contributed by atoms with van der Waals surface area (Å²) in [5.74, 6) is 1.16. The molecule has 1 aromatic rings. The van der Waals surface area contributed by atoms with Gasteiger partial charge >= 0.3 is 0 Å². The van der Waals surface area contributed by atoms with Crippen LogP contribution in [0.4, 0.5) is 0 Å². The predicted molar refractivity (Wildman–Crippen MR) is 129 cm³/mol. The average molecular weight is 452 g/mol. The molecule has 3 fully saturated rings. The van der Waals surface area contributed by atoms with Crippen LogP contribution in [0, 0.1) is 17.8 Å². The number of nitrogens with zero attached hydrogens (tertiary/aromatic N) is 3. The molecule has 6 nitrogen and oxygen atoms in total. The maximum atomic E-state index is 13.1. The Morgan fingerprint density at radius 3 is 1.94 bits per heavy atom. The number of carbonyl (C=O) groups is 3. The van der Waals surface area contributed by atoms with Crippen LogP contribution in [0.2, 0.25) is 0 Å². The van der Waals surface area contributed by atoms with Gasteiger partial charge < -0.3 is 14.7 Å². The van der Waals surface area contributed by atoms with Crippen LogP contribution < -0.4 is 0 Å². The van der Waals surface area contributed by atoms with E-state index in [1.807, 2.05) is 46.2 Å². The van der Waals surface area contributed by atoms with Crippen LogP contribution in [0.1, 0.15) is 51.0 Å². The largest absolute Gasteiger partial charge is 0.342 e. The van der Waals surface area contributed by atoms with Crippen LogP contribution in [-0.4, -0.2) is 71.7 Å². The van der Waals surface area contributed by atoms with Gasteiger partial charge in [0.2, 0.25) is 17.7 Å². The Morgan fingerprint density at radius 1 is 0.758 bits per heavy atom. The number of carbonyl (C=O) groups excluding carboxylic acids is 3. The summed E-state index contributed by atoms with van der Waals surface area (Å²) in [6.07, 6.45) is 8.77. The molecule has 0 aliphatic carbocycles. The molecule has 1 unspecified atom stereocenters. The van der Waals surface area contributed by atoms with Crippen molar-refractivity contribution in [1.82, 2.24) is 14.7 Å². The molecule has 3 aliphatic rings. The van der Waals surface area contributed by atoms with Crippen molar-refractivity contribution in [2.24, 2.45) is 17.8 Å². The summed E-state index contributed by atoms with van der Waals surface area (Å²) in [4.78, 5) is 44.3. The number of amides is 3. The zero-order chi connectivity index (χ0) is 23.2. The molecule has 33 heavy (non-hydrogen) atoms. The second-order valence-electron chi connectivity index (χ2n) is 9.97. The average Bonchev–Trinajstić information content (AvgIpc) is 2.87. The van der Waals surface area contributed by atoms with Crippen molar-refractivity contribution in [3.63, 3.8) is 0 Å². The molecule has 3 saturated heterocycles. The Balaban J connectivity index is 1.20. The molecule has 3 amide bonds. The van der Waals surface area contributed by atoms with E-state index in [-0.39, 0.29) is 23.7 Å². The molecule has 0 radical (unpaired) electrons. The number of hydrogen-bond donors (Lipinski definition) is 0. The number of hydrogen-bond acceptors (Lipinski definition) is 3. The van der Waals surface area contributed by atoms with Crippen molar-refractivity contribution >= 4 is 23.8 Å². The van der Waals surface area contributed by atoms with Crippen LogP contribution in [0.25, 0.3) is 6.08 Å². The Morgan fingerprint density at radius 2 is 1.33 bits per heavy atom. The van der Waals surface area contributed by atoms with E-state index < -0.39 is 0 Å². The standard InChI is InChI=1S/C27H37N3O3/c1-21-6-5-15-30(20-21)27(33)24-13-18-29(19-14-24)26(32)23-11-16-28(17-12-23)25(31)10-9-22-7-3-2-4-8-22/h2-4,7-10,21,23-24H,5-6,11-20H2,1H3/b10-9+. The fraction of sp³-hybridized carbons (Fsp3) is 0.593. The third-order valence-electron chi connectivity index (χ3n) is 7.50. The van der Waals surface area contributed by atoms with Crippen molar-refractivity contribution in [1.29, 1.82) is 0 Å². The predicted octanol–water partition coefficient (Wildman–Crippen LogP) is 3.44. The Labute approximate surface area is 197 Å². The van der Waals surface area contributed by atoms with E-state index in [9.17, 15) is 14.4 Å². The van der Waals surface area contributed by atoms with Gasteiger partial charge in [-0.15, -0.1) is 0 Å². The van der Waals surface area contributed by atoms with Crippen molar-refractivity contribution in [2.45, 2.75) is 45.4 Å². The van der Waals surface area contributed by atoms with Crippen LogP contribution >= 0.6 is 0 Å². The van der Waals surface area contributed by atoms with E-state index in [0.29, 0.717) is 50.8 Å². The van der Waals surface area contributed by atoms with Gasteiger partial charge in [0.05, 0.1) is 0 Å². The van der Waals surface area contributed by atoms with E-state index in [1.54, 1.807) is 6.08 Å². The van der Waals surface area contributed by atoms with Crippen molar-refractivity contribution in [3.05, 3.63) is 42.0 Å². The highest BCUT2D eigenvalue weighted by Gasteiger charge is 2.35. The lowest BCUT2D eigenvalue weighted by atomic mass is 9.90.